The van der Waals surface area contributed by atoms with Crippen molar-refractivity contribution in [2.75, 3.05) is 19.6 Å². The number of carbonyl (C=O) groups is 1. The minimum Gasteiger partial charge on any atom is -0.369 e. The van der Waals surface area contributed by atoms with E-state index in [-0.39, 0.29) is 17.6 Å². The van der Waals surface area contributed by atoms with E-state index < -0.39 is 0 Å². The molecule has 1 aliphatic heterocycles. The standard InChI is InChI=1S/C15H30N2O2/c1-11(2)6-13(8-16)7-14(18)17-9-12(3)19-15(4,5)10-17/h11-13H,6-10,16H2,1-5H3. The van der Waals surface area contributed by atoms with E-state index in [2.05, 4.69) is 13.8 Å². The number of nitrogens with zero attached hydrogens (tertiary/aromatic N) is 1. The molecule has 2 N–H and O–H groups in total. The molecule has 2 unspecified atom stereocenters. The van der Waals surface area contributed by atoms with Crippen molar-refractivity contribution < 1.29 is 9.53 Å². The van der Waals surface area contributed by atoms with Crippen LogP contribution >= 0.6 is 0 Å². The maximum Gasteiger partial charge on any atom is 0.223 e. The van der Waals surface area contributed by atoms with Crippen molar-refractivity contribution in [1.29, 1.82) is 0 Å². The molecule has 2 atom stereocenters. The van der Waals surface area contributed by atoms with Crippen LogP contribution in [0.5, 0.6) is 0 Å². The highest BCUT2D eigenvalue weighted by Crippen LogP contribution is 2.23. The second-order valence-corrected chi connectivity index (χ2v) is 6.90. The van der Waals surface area contributed by atoms with Gasteiger partial charge in [0.1, 0.15) is 0 Å². The van der Waals surface area contributed by atoms with Crippen LogP contribution in [-0.4, -0.2) is 42.1 Å². The molecule has 4 nitrogen and oxygen atoms in total. The largest absolute Gasteiger partial charge is 0.369 e. The van der Waals surface area contributed by atoms with Crippen molar-refractivity contribution in [3.8, 4) is 0 Å². The van der Waals surface area contributed by atoms with Gasteiger partial charge < -0.3 is 15.4 Å². The normalized spacial score (nSPS) is 24.6. The van der Waals surface area contributed by atoms with E-state index >= 15 is 0 Å². The van der Waals surface area contributed by atoms with Crippen molar-refractivity contribution in [3.63, 3.8) is 0 Å². The van der Waals surface area contributed by atoms with Crippen molar-refractivity contribution in [2.45, 2.75) is 59.2 Å². The molecule has 1 fully saturated rings. The summed E-state index contributed by atoms with van der Waals surface area (Å²) < 4.78 is 5.83. The summed E-state index contributed by atoms with van der Waals surface area (Å²) in [5.74, 6) is 1.11. The van der Waals surface area contributed by atoms with E-state index in [0.29, 0.717) is 37.9 Å². The molecule has 0 spiro atoms. The molecule has 0 aromatic carbocycles. The Morgan fingerprint density at radius 2 is 2.11 bits per heavy atom. The third kappa shape index (κ3) is 5.49. The Kier molecular flexibility index (Phi) is 5.81. The van der Waals surface area contributed by atoms with Crippen molar-refractivity contribution in [1.82, 2.24) is 4.90 Å². The molecule has 0 bridgehead atoms. The number of hydrogen-bond donors (Lipinski definition) is 1. The lowest BCUT2D eigenvalue weighted by Crippen LogP contribution is -2.54. The molecule has 0 aromatic rings. The lowest BCUT2D eigenvalue weighted by Gasteiger charge is -2.42. The number of nitrogens with two attached hydrogens (primary N) is 1. The fourth-order valence-corrected chi connectivity index (χ4v) is 2.95. The lowest BCUT2D eigenvalue weighted by molar-refractivity contribution is -0.158. The second-order valence-electron chi connectivity index (χ2n) is 6.90. The second kappa shape index (κ2) is 6.71. The monoisotopic (exact) mass is 270 g/mol. The quantitative estimate of drug-likeness (QED) is 0.831. The Balaban J connectivity index is 2.56. The summed E-state index contributed by atoms with van der Waals surface area (Å²) in [6.07, 6.45) is 1.69. The van der Waals surface area contributed by atoms with Gasteiger partial charge in [0.25, 0.3) is 0 Å². The van der Waals surface area contributed by atoms with Crippen LogP contribution in [0.3, 0.4) is 0 Å². The van der Waals surface area contributed by atoms with Crippen molar-refractivity contribution in [2.24, 2.45) is 17.6 Å². The van der Waals surface area contributed by atoms with Gasteiger partial charge in [-0.25, -0.2) is 0 Å². The zero-order valence-electron chi connectivity index (χ0n) is 13.1. The van der Waals surface area contributed by atoms with E-state index in [0.717, 1.165) is 6.42 Å². The third-order valence-corrected chi connectivity index (χ3v) is 3.52. The zero-order valence-corrected chi connectivity index (χ0v) is 13.1. The number of carbonyl (C=O) groups excluding carboxylic acids is 1. The summed E-state index contributed by atoms with van der Waals surface area (Å²) in [5.41, 5.74) is 5.54. The topological polar surface area (TPSA) is 55.6 Å². The zero-order chi connectivity index (χ0) is 14.6. The average molecular weight is 270 g/mol. The van der Waals surface area contributed by atoms with Crippen LogP contribution in [0, 0.1) is 11.8 Å². The highest BCUT2D eigenvalue weighted by Gasteiger charge is 2.34. The summed E-state index contributed by atoms with van der Waals surface area (Å²) in [5, 5.41) is 0. The highest BCUT2D eigenvalue weighted by atomic mass is 16.5. The molecule has 0 aliphatic carbocycles. The molecular weight excluding hydrogens is 240 g/mol. The van der Waals surface area contributed by atoms with Crippen molar-refractivity contribution in [3.05, 3.63) is 0 Å². The minimum atomic E-state index is -0.246. The predicted octanol–water partition coefficient (Wildman–Crippen LogP) is 2.02. The smallest absolute Gasteiger partial charge is 0.223 e. The van der Waals surface area contributed by atoms with Crippen LogP contribution in [0.25, 0.3) is 0 Å². The van der Waals surface area contributed by atoms with E-state index in [1.165, 1.54) is 0 Å². The van der Waals surface area contributed by atoms with E-state index in [4.69, 9.17) is 10.5 Å². The van der Waals surface area contributed by atoms with E-state index in [9.17, 15) is 4.79 Å². The van der Waals surface area contributed by atoms with Gasteiger partial charge in [0.15, 0.2) is 0 Å². The number of amides is 1. The van der Waals surface area contributed by atoms with Gasteiger partial charge in [0.05, 0.1) is 11.7 Å². The van der Waals surface area contributed by atoms with Crippen LogP contribution in [0.1, 0.15) is 47.5 Å². The predicted molar refractivity (Wildman–Crippen MR) is 77.8 cm³/mol. The molecule has 1 saturated heterocycles. The molecule has 4 heteroatoms. The Morgan fingerprint density at radius 1 is 1.47 bits per heavy atom. The fraction of sp³-hybridized carbons (Fsp3) is 0.933. The highest BCUT2D eigenvalue weighted by molar-refractivity contribution is 5.76. The van der Waals surface area contributed by atoms with Gasteiger partial charge in [-0.3, -0.25) is 4.79 Å². The number of morpholine rings is 1. The maximum atomic E-state index is 12.4. The molecule has 1 rings (SSSR count). The van der Waals surface area contributed by atoms with Crippen LogP contribution in [0.15, 0.2) is 0 Å². The summed E-state index contributed by atoms with van der Waals surface area (Å²) in [4.78, 5) is 14.3. The van der Waals surface area contributed by atoms with Gasteiger partial charge in [-0.05, 0) is 45.6 Å². The number of rotatable bonds is 5. The van der Waals surface area contributed by atoms with E-state index in [1.807, 2.05) is 25.7 Å². The SMILES string of the molecule is CC(C)CC(CN)CC(=O)N1CC(C)OC(C)(C)C1. The van der Waals surface area contributed by atoms with Gasteiger partial charge >= 0.3 is 0 Å². The van der Waals surface area contributed by atoms with Gasteiger partial charge in [-0.2, -0.15) is 0 Å². The maximum absolute atomic E-state index is 12.4. The van der Waals surface area contributed by atoms with Crippen LogP contribution in [0.4, 0.5) is 0 Å². The first kappa shape index (κ1) is 16.4. The molecule has 0 aromatic heterocycles. The minimum absolute atomic E-state index is 0.106. The third-order valence-electron chi connectivity index (χ3n) is 3.52. The first-order chi connectivity index (χ1) is 8.73. The average Bonchev–Trinajstić information content (AvgIpc) is 2.24. The van der Waals surface area contributed by atoms with Gasteiger partial charge in [-0.1, -0.05) is 13.8 Å². The first-order valence-corrected chi connectivity index (χ1v) is 7.39. The molecule has 1 amide bonds. The summed E-state index contributed by atoms with van der Waals surface area (Å²) >= 11 is 0. The number of hydrogen-bond acceptors (Lipinski definition) is 3. The number of ether oxygens (including phenoxy) is 1. The van der Waals surface area contributed by atoms with Crippen LogP contribution < -0.4 is 5.73 Å². The van der Waals surface area contributed by atoms with Gasteiger partial charge in [0, 0.05) is 19.5 Å². The molecule has 1 aliphatic rings. The Morgan fingerprint density at radius 3 is 2.58 bits per heavy atom. The van der Waals surface area contributed by atoms with Gasteiger partial charge in [0.2, 0.25) is 5.91 Å². The van der Waals surface area contributed by atoms with E-state index in [1.54, 1.807) is 0 Å². The molecule has 19 heavy (non-hydrogen) atoms. The first-order valence-electron chi connectivity index (χ1n) is 7.39. The van der Waals surface area contributed by atoms with Crippen molar-refractivity contribution >= 4 is 5.91 Å². The molecular formula is C15H30N2O2. The van der Waals surface area contributed by atoms with Gasteiger partial charge in [-0.15, -0.1) is 0 Å². The lowest BCUT2D eigenvalue weighted by atomic mass is 9.93. The molecule has 112 valence electrons. The van der Waals surface area contributed by atoms with Crippen LogP contribution in [0.2, 0.25) is 0 Å². The Labute approximate surface area is 117 Å². The summed E-state index contributed by atoms with van der Waals surface area (Å²) in [7, 11) is 0. The Hall–Kier alpha value is -0.610. The summed E-state index contributed by atoms with van der Waals surface area (Å²) in [6.45, 7) is 12.4. The summed E-state index contributed by atoms with van der Waals surface area (Å²) in [6, 6.07) is 0. The fourth-order valence-electron chi connectivity index (χ4n) is 2.95. The van der Waals surface area contributed by atoms with Crippen LogP contribution in [-0.2, 0) is 9.53 Å². The molecule has 1 heterocycles. The molecule has 0 radical (unpaired) electrons. The Bertz CT molecular complexity index is 303. The molecule has 0 saturated carbocycles.